The van der Waals surface area contributed by atoms with Gasteiger partial charge in [0, 0.05) is 6.20 Å². The Bertz CT molecular complexity index is 928. The number of hydrogen-bond acceptors (Lipinski definition) is 5. The largest absolute Gasteiger partial charge is 0.316 e. The minimum atomic E-state index is -0.438. The third kappa shape index (κ3) is 3.11. The van der Waals surface area contributed by atoms with Gasteiger partial charge < -0.3 is 0 Å². The maximum absolute atomic E-state index is 11.2. The highest BCUT2D eigenvalue weighted by Crippen LogP contribution is 2.32. The van der Waals surface area contributed by atoms with Crippen LogP contribution in [0.3, 0.4) is 0 Å². The normalized spacial score (nSPS) is 11.4. The molecule has 3 aromatic rings. The number of nitrogens with zero attached hydrogens (tertiary/aromatic N) is 6. The molecule has 118 valence electrons. The topological polar surface area (TPSA) is 91.1 Å². The SMILES string of the molecule is CC(C)=Cc1cnc2cnc(-c3nn(PI)cc3[N+](=O)[O-])cn12. The first-order valence-corrected chi connectivity index (χ1v) is 10.6. The van der Waals surface area contributed by atoms with Gasteiger partial charge in [0.1, 0.15) is 11.9 Å². The molecule has 0 aromatic carbocycles. The van der Waals surface area contributed by atoms with Crippen molar-refractivity contribution in [1.82, 2.24) is 23.9 Å². The Balaban J connectivity index is 2.19. The summed E-state index contributed by atoms with van der Waals surface area (Å²) in [6.45, 7) is 3.99. The summed E-state index contributed by atoms with van der Waals surface area (Å²) in [6.07, 6.45) is 8.76. The molecular formula is C13H12IN6O2P. The third-order valence-corrected chi connectivity index (χ3v) is 4.97. The summed E-state index contributed by atoms with van der Waals surface area (Å²) in [5.74, 6) is 0. The summed E-state index contributed by atoms with van der Waals surface area (Å²) in [5.41, 5.74) is 3.36. The van der Waals surface area contributed by atoms with Crippen molar-refractivity contribution in [3.63, 3.8) is 0 Å². The van der Waals surface area contributed by atoms with E-state index in [-0.39, 0.29) is 17.8 Å². The van der Waals surface area contributed by atoms with Crippen molar-refractivity contribution in [1.29, 1.82) is 0 Å². The number of fused-ring (bicyclic) bond motifs is 1. The lowest BCUT2D eigenvalue weighted by Gasteiger charge is -2.01. The summed E-state index contributed by atoms with van der Waals surface area (Å²) in [5, 5.41) is 15.5. The van der Waals surface area contributed by atoms with Crippen LogP contribution in [0.5, 0.6) is 0 Å². The van der Waals surface area contributed by atoms with E-state index in [0.717, 1.165) is 11.3 Å². The van der Waals surface area contributed by atoms with Crippen molar-refractivity contribution in [2.24, 2.45) is 0 Å². The highest BCUT2D eigenvalue weighted by Gasteiger charge is 2.22. The average Bonchev–Trinajstić information content (AvgIpc) is 3.11. The van der Waals surface area contributed by atoms with Crippen molar-refractivity contribution >= 4 is 45.8 Å². The highest BCUT2D eigenvalue weighted by molar-refractivity contribution is 14.2. The lowest BCUT2D eigenvalue weighted by atomic mass is 10.2. The van der Waals surface area contributed by atoms with Crippen LogP contribution in [0.4, 0.5) is 5.69 Å². The zero-order valence-corrected chi connectivity index (χ0v) is 15.4. The zero-order chi connectivity index (χ0) is 16.6. The van der Waals surface area contributed by atoms with Gasteiger partial charge in [-0.1, -0.05) is 5.57 Å². The average molecular weight is 442 g/mol. The molecule has 3 rings (SSSR count). The number of nitro groups is 1. The van der Waals surface area contributed by atoms with E-state index in [1.54, 1.807) is 23.0 Å². The van der Waals surface area contributed by atoms with E-state index >= 15 is 0 Å². The van der Waals surface area contributed by atoms with Crippen LogP contribution in [0.25, 0.3) is 23.1 Å². The van der Waals surface area contributed by atoms with E-state index in [1.165, 1.54) is 6.20 Å². The van der Waals surface area contributed by atoms with Crippen LogP contribution >= 0.6 is 28.4 Å². The van der Waals surface area contributed by atoms with Gasteiger partial charge in [-0.05, 0) is 42.0 Å². The van der Waals surface area contributed by atoms with Crippen LogP contribution < -0.4 is 0 Å². The predicted octanol–water partition coefficient (Wildman–Crippen LogP) is 3.72. The molecule has 0 aliphatic heterocycles. The molecule has 8 nitrogen and oxygen atoms in total. The maximum atomic E-state index is 11.2. The first kappa shape index (κ1) is 16.0. The minimum absolute atomic E-state index is 0.0510. The second-order valence-corrected chi connectivity index (χ2v) is 7.13. The van der Waals surface area contributed by atoms with E-state index < -0.39 is 4.92 Å². The molecule has 0 aliphatic rings. The standard InChI is InChI=1S/C13H12IN6O2P/c1-8(2)3-9-4-16-12-5-15-10(6-18(9)12)13-11(20(21)22)7-19(17-13)23-14/h3-7,23H,1-2H3. The van der Waals surface area contributed by atoms with Gasteiger partial charge in [0.05, 0.1) is 29.4 Å². The van der Waals surface area contributed by atoms with Crippen LogP contribution in [-0.2, 0) is 0 Å². The number of aromatic nitrogens is 5. The van der Waals surface area contributed by atoms with Crippen molar-refractivity contribution in [3.05, 3.63) is 46.2 Å². The molecule has 1 atom stereocenters. The molecule has 0 saturated carbocycles. The van der Waals surface area contributed by atoms with Gasteiger partial charge in [-0.2, -0.15) is 5.10 Å². The molecule has 23 heavy (non-hydrogen) atoms. The monoisotopic (exact) mass is 442 g/mol. The molecule has 10 heteroatoms. The van der Waals surface area contributed by atoms with Gasteiger partial charge in [-0.25, -0.2) is 14.4 Å². The molecule has 3 heterocycles. The van der Waals surface area contributed by atoms with E-state index in [9.17, 15) is 10.1 Å². The summed E-state index contributed by atoms with van der Waals surface area (Å²) in [6, 6.07) is 0. The summed E-state index contributed by atoms with van der Waals surface area (Å²) in [7, 11) is 0. The lowest BCUT2D eigenvalue weighted by molar-refractivity contribution is -0.384. The van der Waals surface area contributed by atoms with Crippen molar-refractivity contribution in [2.45, 2.75) is 13.8 Å². The van der Waals surface area contributed by atoms with E-state index in [1.807, 2.05) is 24.3 Å². The zero-order valence-electron chi connectivity index (χ0n) is 12.3. The van der Waals surface area contributed by atoms with Crippen LogP contribution in [0.2, 0.25) is 0 Å². The van der Waals surface area contributed by atoms with Crippen molar-refractivity contribution in [3.8, 4) is 11.4 Å². The Morgan fingerprint density at radius 1 is 1.35 bits per heavy atom. The molecule has 0 saturated heterocycles. The maximum Gasteiger partial charge on any atom is 0.316 e. The van der Waals surface area contributed by atoms with Gasteiger partial charge >= 0.3 is 5.69 Å². The van der Waals surface area contributed by atoms with Gasteiger partial charge in [-0.15, -0.1) is 0 Å². The molecule has 0 N–H and O–H groups in total. The molecule has 0 bridgehead atoms. The first-order valence-electron chi connectivity index (χ1n) is 6.58. The lowest BCUT2D eigenvalue weighted by Crippen LogP contribution is -1.96. The second kappa shape index (κ2) is 6.32. The molecule has 0 spiro atoms. The summed E-state index contributed by atoms with van der Waals surface area (Å²) < 4.78 is 3.40. The van der Waals surface area contributed by atoms with Gasteiger partial charge in [-0.3, -0.25) is 14.5 Å². The fraction of sp³-hybridized carbons (Fsp3) is 0.154. The molecule has 0 amide bonds. The number of imidazole rings is 1. The van der Waals surface area contributed by atoms with Crippen LogP contribution in [0.15, 0.2) is 30.4 Å². The Labute approximate surface area is 146 Å². The molecule has 0 fully saturated rings. The fourth-order valence-electron chi connectivity index (χ4n) is 2.16. The molecule has 1 unspecified atom stereocenters. The Hall–Kier alpha value is -1.87. The third-order valence-electron chi connectivity index (χ3n) is 3.08. The number of hydrogen-bond donors (Lipinski definition) is 0. The quantitative estimate of drug-likeness (QED) is 0.266. The van der Waals surface area contributed by atoms with Gasteiger partial charge in [0.25, 0.3) is 0 Å². The smallest absolute Gasteiger partial charge is 0.297 e. The van der Waals surface area contributed by atoms with Gasteiger partial charge in [0.15, 0.2) is 11.3 Å². The number of halogens is 1. The highest BCUT2D eigenvalue weighted by atomic mass is 127. The van der Waals surface area contributed by atoms with Crippen LogP contribution in [0.1, 0.15) is 19.5 Å². The molecule has 3 aromatic heterocycles. The summed E-state index contributed by atoms with van der Waals surface area (Å²) >= 11 is 2.12. The van der Waals surface area contributed by atoms with Crippen LogP contribution in [-0.4, -0.2) is 28.8 Å². The first-order chi connectivity index (χ1) is 11.0. The fourth-order valence-corrected chi connectivity index (χ4v) is 3.21. The second-order valence-electron chi connectivity index (χ2n) is 5.05. The molecule has 0 radical (unpaired) electrons. The van der Waals surface area contributed by atoms with E-state index in [0.29, 0.717) is 11.3 Å². The molecular weight excluding hydrogens is 430 g/mol. The number of allylic oxidation sites excluding steroid dienone is 1. The van der Waals surface area contributed by atoms with E-state index in [2.05, 4.69) is 37.1 Å². The molecule has 0 aliphatic carbocycles. The van der Waals surface area contributed by atoms with Gasteiger partial charge in [0.2, 0.25) is 0 Å². The number of rotatable bonds is 4. The van der Waals surface area contributed by atoms with Crippen LogP contribution in [0, 0.1) is 10.1 Å². The Morgan fingerprint density at radius 3 is 2.78 bits per heavy atom. The Kier molecular flexibility index (Phi) is 4.40. The summed E-state index contributed by atoms with van der Waals surface area (Å²) in [4.78, 5) is 19.4. The Morgan fingerprint density at radius 2 is 2.13 bits per heavy atom. The van der Waals surface area contributed by atoms with E-state index in [4.69, 9.17) is 0 Å². The van der Waals surface area contributed by atoms with Crippen molar-refractivity contribution < 1.29 is 4.92 Å². The minimum Gasteiger partial charge on any atom is -0.297 e. The predicted molar refractivity (Wildman–Crippen MR) is 97.9 cm³/mol. The van der Waals surface area contributed by atoms with Crippen molar-refractivity contribution in [2.75, 3.05) is 0 Å².